The van der Waals surface area contributed by atoms with Crippen LogP contribution in [0.3, 0.4) is 0 Å². The summed E-state index contributed by atoms with van der Waals surface area (Å²) >= 11 is 6.43. The van der Waals surface area contributed by atoms with E-state index in [-0.39, 0.29) is 16.3 Å². The third-order valence-electron chi connectivity index (χ3n) is 5.76. The van der Waals surface area contributed by atoms with Gasteiger partial charge < -0.3 is 9.64 Å². The van der Waals surface area contributed by atoms with Crippen molar-refractivity contribution < 1.29 is 17.9 Å². The second kappa shape index (κ2) is 6.11. The van der Waals surface area contributed by atoms with Crippen molar-refractivity contribution >= 4 is 17.3 Å². The molecular weight excluding hydrogens is 377 g/mol. The van der Waals surface area contributed by atoms with Gasteiger partial charge in [0.05, 0.1) is 18.0 Å². The maximum Gasteiger partial charge on any atom is 0.425 e. The highest BCUT2D eigenvalue weighted by molar-refractivity contribution is 6.32. The molecule has 2 aliphatic rings. The zero-order valence-corrected chi connectivity index (χ0v) is 15.9. The summed E-state index contributed by atoms with van der Waals surface area (Å²) < 4.78 is 45.3. The fourth-order valence-electron chi connectivity index (χ4n) is 3.83. The number of ether oxygens (including phenoxy) is 1. The first-order valence-corrected chi connectivity index (χ1v) is 9.29. The fourth-order valence-corrected chi connectivity index (χ4v) is 4.14. The molecule has 0 spiro atoms. The summed E-state index contributed by atoms with van der Waals surface area (Å²) in [6, 6.07) is 11.5. The van der Waals surface area contributed by atoms with E-state index in [4.69, 9.17) is 16.3 Å². The standard InChI is InChI=1S/C20H20ClF3N2O/c1-3-18(2)11-26(10-13-7-5-4-6-8-13)16-14(18)9-15(25-17(16)21)19(12-27-19)20(22,23)24/h4-9H,3,10-12H2,1-2H3/t18-,19-/m0/s1. The van der Waals surface area contributed by atoms with E-state index in [1.165, 1.54) is 0 Å². The second-order valence-electron chi connectivity index (χ2n) is 7.56. The molecule has 2 aliphatic heterocycles. The van der Waals surface area contributed by atoms with Gasteiger partial charge in [0.1, 0.15) is 0 Å². The quantitative estimate of drug-likeness (QED) is 0.524. The minimum absolute atomic E-state index is 0.106. The molecule has 3 nitrogen and oxygen atoms in total. The number of hydrogen-bond acceptors (Lipinski definition) is 3. The van der Waals surface area contributed by atoms with Crippen molar-refractivity contribution in [2.45, 2.75) is 44.0 Å². The van der Waals surface area contributed by atoms with Crippen molar-refractivity contribution in [1.82, 2.24) is 4.98 Å². The van der Waals surface area contributed by atoms with Crippen molar-refractivity contribution in [1.29, 1.82) is 0 Å². The van der Waals surface area contributed by atoms with Gasteiger partial charge in [-0.15, -0.1) is 0 Å². The molecule has 2 atom stereocenters. The Bertz CT molecular complexity index is 868. The van der Waals surface area contributed by atoms with Gasteiger partial charge in [0, 0.05) is 18.5 Å². The topological polar surface area (TPSA) is 28.7 Å². The van der Waals surface area contributed by atoms with E-state index in [1.807, 2.05) is 37.3 Å². The maximum atomic E-state index is 13.5. The fraction of sp³-hybridized carbons (Fsp3) is 0.450. The molecule has 1 fully saturated rings. The Morgan fingerprint density at radius 1 is 1.26 bits per heavy atom. The van der Waals surface area contributed by atoms with E-state index in [2.05, 4.69) is 16.8 Å². The lowest BCUT2D eigenvalue weighted by Gasteiger charge is -2.25. The molecule has 27 heavy (non-hydrogen) atoms. The average Bonchev–Trinajstić information content (AvgIpc) is 3.39. The molecular formula is C20H20ClF3N2O. The number of nitrogens with zero attached hydrogens (tertiary/aromatic N) is 2. The molecule has 2 aromatic rings. The highest BCUT2D eigenvalue weighted by Crippen LogP contribution is 2.54. The number of anilines is 1. The van der Waals surface area contributed by atoms with Crippen LogP contribution in [0.2, 0.25) is 5.15 Å². The lowest BCUT2D eigenvalue weighted by Crippen LogP contribution is -2.32. The number of benzene rings is 1. The SMILES string of the molecule is CC[C@@]1(C)CN(Cc2ccccc2)c2c1cc([C@]1(C(F)(F)F)CO1)nc2Cl. The minimum atomic E-state index is -4.51. The predicted molar refractivity (Wildman–Crippen MR) is 98.1 cm³/mol. The van der Waals surface area contributed by atoms with Crippen LogP contribution >= 0.6 is 11.6 Å². The Morgan fingerprint density at radius 3 is 2.48 bits per heavy atom. The Labute approximate surface area is 161 Å². The van der Waals surface area contributed by atoms with Crippen LogP contribution in [0.5, 0.6) is 0 Å². The lowest BCUT2D eigenvalue weighted by molar-refractivity contribution is -0.188. The Morgan fingerprint density at radius 2 is 1.93 bits per heavy atom. The van der Waals surface area contributed by atoms with E-state index in [1.54, 1.807) is 6.07 Å². The number of fused-ring (bicyclic) bond motifs is 1. The largest absolute Gasteiger partial charge is 0.425 e. The normalized spacial score (nSPS) is 27.0. The molecule has 0 radical (unpaired) electrons. The van der Waals surface area contributed by atoms with Crippen LogP contribution in [0.4, 0.5) is 18.9 Å². The van der Waals surface area contributed by atoms with Crippen molar-refractivity contribution in [3.63, 3.8) is 0 Å². The van der Waals surface area contributed by atoms with E-state index in [0.717, 1.165) is 23.2 Å². The maximum absolute atomic E-state index is 13.5. The van der Waals surface area contributed by atoms with Crippen LogP contribution in [0.15, 0.2) is 36.4 Å². The van der Waals surface area contributed by atoms with E-state index in [9.17, 15) is 13.2 Å². The number of aromatic nitrogens is 1. The van der Waals surface area contributed by atoms with Gasteiger partial charge in [0.25, 0.3) is 0 Å². The summed E-state index contributed by atoms with van der Waals surface area (Å²) in [6.07, 6.45) is -3.73. The monoisotopic (exact) mass is 396 g/mol. The van der Waals surface area contributed by atoms with Crippen molar-refractivity contribution in [3.05, 3.63) is 58.4 Å². The van der Waals surface area contributed by atoms with E-state index in [0.29, 0.717) is 13.1 Å². The molecule has 0 aliphatic carbocycles. The van der Waals surface area contributed by atoms with Crippen LogP contribution in [0.25, 0.3) is 0 Å². The summed E-state index contributed by atoms with van der Waals surface area (Å²) in [6.45, 7) is 5.00. The third kappa shape index (κ3) is 2.90. The first kappa shape index (κ1) is 18.6. The van der Waals surface area contributed by atoms with Gasteiger partial charge in [0.15, 0.2) is 5.15 Å². The van der Waals surface area contributed by atoms with Crippen LogP contribution in [-0.2, 0) is 22.3 Å². The zero-order valence-electron chi connectivity index (χ0n) is 15.1. The number of pyridine rings is 1. The summed E-state index contributed by atoms with van der Waals surface area (Å²) in [4.78, 5) is 6.23. The van der Waals surface area contributed by atoms with Crippen LogP contribution in [0.1, 0.15) is 37.1 Å². The average molecular weight is 397 g/mol. The van der Waals surface area contributed by atoms with Crippen molar-refractivity contribution in [2.24, 2.45) is 0 Å². The summed E-state index contributed by atoms with van der Waals surface area (Å²) in [5.41, 5.74) is -0.0943. The van der Waals surface area contributed by atoms with Crippen LogP contribution in [0, 0.1) is 0 Å². The molecule has 4 rings (SSSR count). The smallest absolute Gasteiger partial charge is 0.364 e. The van der Waals surface area contributed by atoms with Gasteiger partial charge >= 0.3 is 6.18 Å². The van der Waals surface area contributed by atoms with Crippen molar-refractivity contribution in [3.8, 4) is 0 Å². The number of hydrogen-bond donors (Lipinski definition) is 0. The molecule has 3 heterocycles. The second-order valence-corrected chi connectivity index (χ2v) is 7.92. The van der Waals surface area contributed by atoms with Gasteiger partial charge in [-0.05, 0) is 23.6 Å². The number of epoxide rings is 1. The van der Waals surface area contributed by atoms with Gasteiger partial charge in [0.2, 0.25) is 5.60 Å². The van der Waals surface area contributed by atoms with Crippen LogP contribution in [-0.4, -0.2) is 24.3 Å². The molecule has 7 heteroatoms. The first-order chi connectivity index (χ1) is 12.7. The van der Waals surface area contributed by atoms with Gasteiger partial charge in [-0.3, -0.25) is 0 Å². The van der Waals surface area contributed by atoms with Crippen LogP contribution < -0.4 is 4.90 Å². The highest BCUT2D eigenvalue weighted by Gasteiger charge is 2.68. The Hall–Kier alpha value is -1.79. The molecule has 0 bridgehead atoms. The summed E-state index contributed by atoms with van der Waals surface area (Å²) in [5.74, 6) is 0. The first-order valence-electron chi connectivity index (χ1n) is 8.91. The minimum Gasteiger partial charge on any atom is -0.364 e. The van der Waals surface area contributed by atoms with E-state index < -0.39 is 18.4 Å². The van der Waals surface area contributed by atoms with Gasteiger partial charge in [-0.1, -0.05) is 55.8 Å². The zero-order chi connectivity index (χ0) is 19.4. The number of alkyl halides is 3. The van der Waals surface area contributed by atoms with E-state index >= 15 is 0 Å². The third-order valence-corrected chi connectivity index (χ3v) is 6.02. The molecule has 144 valence electrons. The number of halogens is 4. The molecule has 1 aromatic carbocycles. The molecule has 1 aromatic heterocycles. The van der Waals surface area contributed by atoms with Gasteiger partial charge in [-0.25, -0.2) is 4.98 Å². The predicted octanol–water partition coefficient (Wildman–Crippen LogP) is 5.21. The Balaban J connectivity index is 1.79. The highest BCUT2D eigenvalue weighted by atomic mass is 35.5. The molecule has 0 saturated carbocycles. The molecule has 0 unspecified atom stereocenters. The molecule has 1 saturated heterocycles. The van der Waals surface area contributed by atoms with Crippen molar-refractivity contribution in [2.75, 3.05) is 18.1 Å². The lowest BCUT2D eigenvalue weighted by atomic mass is 9.81. The Kier molecular flexibility index (Phi) is 4.20. The summed E-state index contributed by atoms with van der Waals surface area (Å²) in [5, 5.41) is 0.106. The summed E-state index contributed by atoms with van der Waals surface area (Å²) in [7, 11) is 0. The number of rotatable bonds is 4. The molecule has 0 N–H and O–H groups in total. The van der Waals surface area contributed by atoms with Gasteiger partial charge in [-0.2, -0.15) is 13.2 Å². The molecule has 0 amide bonds.